The number of carbonyl (C=O) groups excluding carboxylic acids is 1. The van der Waals surface area contributed by atoms with E-state index in [9.17, 15) is 9.18 Å². The van der Waals surface area contributed by atoms with Gasteiger partial charge in [0.05, 0.1) is 5.02 Å². The van der Waals surface area contributed by atoms with Crippen LogP contribution in [0, 0.1) is 12.7 Å². The number of amides is 1. The van der Waals surface area contributed by atoms with Crippen molar-refractivity contribution < 1.29 is 9.18 Å². The molecule has 2 nitrogen and oxygen atoms in total. The Labute approximate surface area is 120 Å². The summed E-state index contributed by atoms with van der Waals surface area (Å²) in [7, 11) is 0. The first-order chi connectivity index (χ1) is 9.56. The number of fused-ring (bicyclic) bond motifs is 1. The molecule has 0 aliphatic carbocycles. The maximum Gasteiger partial charge on any atom is 0.256 e. The first-order valence-corrected chi connectivity index (χ1v) is 6.52. The second-order valence-corrected chi connectivity index (χ2v) is 5.11. The molecule has 1 aliphatic rings. The number of nitrogens with one attached hydrogen (secondary N) is 1. The Hall–Kier alpha value is -2.13. The van der Waals surface area contributed by atoms with Crippen LogP contribution in [-0.4, -0.2) is 5.91 Å². The van der Waals surface area contributed by atoms with Gasteiger partial charge >= 0.3 is 0 Å². The molecule has 0 bridgehead atoms. The van der Waals surface area contributed by atoms with Gasteiger partial charge in [-0.15, -0.1) is 0 Å². The van der Waals surface area contributed by atoms with Gasteiger partial charge in [0.15, 0.2) is 0 Å². The zero-order valence-corrected chi connectivity index (χ0v) is 11.5. The Morgan fingerprint density at radius 2 is 2.05 bits per heavy atom. The van der Waals surface area contributed by atoms with Gasteiger partial charge in [0.25, 0.3) is 5.91 Å². The summed E-state index contributed by atoms with van der Waals surface area (Å²) in [5, 5.41) is 2.82. The molecule has 2 aromatic carbocycles. The van der Waals surface area contributed by atoms with E-state index in [0.717, 1.165) is 16.8 Å². The molecular formula is C16H11ClFNO. The smallest absolute Gasteiger partial charge is 0.256 e. The lowest BCUT2D eigenvalue weighted by molar-refractivity contribution is -0.110. The van der Waals surface area contributed by atoms with Gasteiger partial charge < -0.3 is 5.32 Å². The van der Waals surface area contributed by atoms with Crippen LogP contribution in [0.4, 0.5) is 10.1 Å². The Balaban J connectivity index is 2.14. The van der Waals surface area contributed by atoms with E-state index < -0.39 is 5.82 Å². The summed E-state index contributed by atoms with van der Waals surface area (Å²) >= 11 is 5.75. The largest absolute Gasteiger partial charge is 0.321 e. The molecule has 0 spiro atoms. The molecule has 100 valence electrons. The lowest BCUT2D eigenvalue weighted by Crippen LogP contribution is -2.03. The molecule has 0 saturated carbocycles. The molecule has 1 heterocycles. The zero-order chi connectivity index (χ0) is 14.3. The van der Waals surface area contributed by atoms with Crippen LogP contribution in [0.3, 0.4) is 0 Å². The molecule has 0 aromatic heterocycles. The maximum atomic E-state index is 13.9. The van der Waals surface area contributed by atoms with Gasteiger partial charge in [0.1, 0.15) is 5.82 Å². The lowest BCUT2D eigenvalue weighted by Gasteiger charge is -2.02. The highest BCUT2D eigenvalue weighted by Gasteiger charge is 2.24. The first kappa shape index (κ1) is 12.9. The fraction of sp³-hybridized carbons (Fsp3) is 0.0625. The van der Waals surface area contributed by atoms with Crippen molar-refractivity contribution in [1.82, 2.24) is 0 Å². The molecule has 2 aromatic rings. The van der Waals surface area contributed by atoms with Crippen LogP contribution in [0.2, 0.25) is 5.02 Å². The highest BCUT2D eigenvalue weighted by atomic mass is 35.5. The van der Waals surface area contributed by atoms with E-state index in [4.69, 9.17) is 11.6 Å². The second kappa shape index (κ2) is 4.76. The minimum Gasteiger partial charge on any atom is -0.321 e. The molecule has 0 radical (unpaired) electrons. The highest BCUT2D eigenvalue weighted by Crippen LogP contribution is 2.34. The maximum absolute atomic E-state index is 13.9. The Bertz CT molecular complexity index is 752. The average Bonchev–Trinajstić information content (AvgIpc) is 2.70. The summed E-state index contributed by atoms with van der Waals surface area (Å²) in [5.41, 5.74) is 3.33. The zero-order valence-electron chi connectivity index (χ0n) is 10.7. The van der Waals surface area contributed by atoms with Crippen molar-refractivity contribution >= 4 is 34.8 Å². The van der Waals surface area contributed by atoms with Gasteiger partial charge in [-0.3, -0.25) is 4.79 Å². The van der Waals surface area contributed by atoms with Crippen LogP contribution in [0.5, 0.6) is 0 Å². The van der Waals surface area contributed by atoms with Gasteiger partial charge in [-0.2, -0.15) is 0 Å². The Morgan fingerprint density at radius 1 is 1.25 bits per heavy atom. The number of benzene rings is 2. The Kier molecular flexibility index (Phi) is 3.07. The lowest BCUT2D eigenvalue weighted by atomic mass is 10.0. The topological polar surface area (TPSA) is 29.1 Å². The molecule has 0 unspecified atom stereocenters. The molecule has 0 fully saturated rings. The molecule has 4 heteroatoms. The molecule has 0 atom stereocenters. The quantitative estimate of drug-likeness (QED) is 0.779. The van der Waals surface area contributed by atoms with Crippen molar-refractivity contribution in [3.05, 3.63) is 63.9 Å². The fourth-order valence-corrected chi connectivity index (χ4v) is 2.42. The summed E-state index contributed by atoms with van der Waals surface area (Å²) < 4.78 is 13.9. The number of hydrogen-bond donors (Lipinski definition) is 1. The van der Waals surface area contributed by atoms with E-state index in [1.54, 1.807) is 12.1 Å². The number of hydrogen-bond acceptors (Lipinski definition) is 1. The fourth-order valence-electron chi connectivity index (χ4n) is 2.24. The summed E-state index contributed by atoms with van der Waals surface area (Å²) in [6.07, 6.45) is 1.53. The second-order valence-electron chi connectivity index (χ2n) is 4.70. The van der Waals surface area contributed by atoms with E-state index in [-0.39, 0.29) is 10.9 Å². The van der Waals surface area contributed by atoms with Crippen LogP contribution in [0.1, 0.15) is 16.7 Å². The molecule has 1 N–H and O–H groups in total. The Morgan fingerprint density at radius 3 is 2.85 bits per heavy atom. The third-order valence-corrected chi connectivity index (χ3v) is 3.53. The predicted octanol–water partition coefficient (Wildman–Crippen LogP) is 4.28. The minimum absolute atomic E-state index is 0.0434. The van der Waals surface area contributed by atoms with Gasteiger partial charge in [-0.25, -0.2) is 4.39 Å². The number of anilines is 1. The molecule has 20 heavy (non-hydrogen) atoms. The number of rotatable bonds is 1. The van der Waals surface area contributed by atoms with Gasteiger partial charge in [-0.1, -0.05) is 35.9 Å². The number of carbonyl (C=O) groups is 1. The van der Waals surface area contributed by atoms with Gasteiger partial charge in [-0.05, 0) is 30.7 Å². The van der Waals surface area contributed by atoms with Crippen molar-refractivity contribution in [2.75, 3.05) is 5.32 Å². The van der Waals surface area contributed by atoms with Gasteiger partial charge in [0, 0.05) is 22.4 Å². The van der Waals surface area contributed by atoms with Crippen LogP contribution < -0.4 is 5.32 Å². The van der Waals surface area contributed by atoms with Crippen LogP contribution in [0.25, 0.3) is 11.6 Å². The summed E-state index contributed by atoms with van der Waals surface area (Å²) in [4.78, 5) is 12.0. The van der Waals surface area contributed by atoms with Crippen LogP contribution in [0.15, 0.2) is 36.4 Å². The van der Waals surface area contributed by atoms with Crippen molar-refractivity contribution in [2.45, 2.75) is 6.92 Å². The van der Waals surface area contributed by atoms with Crippen molar-refractivity contribution in [1.29, 1.82) is 0 Å². The SMILES string of the molecule is Cc1ccc2c(c1)NC(=O)C2=Cc1cccc(Cl)c1F. The van der Waals surface area contributed by atoms with Gasteiger partial charge in [0.2, 0.25) is 0 Å². The third-order valence-electron chi connectivity index (χ3n) is 3.24. The minimum atomic E-state index is -0.518. The van der Waals surface area contributed by atoms with Crippen LogP contribution >= 0.6 is 11.6 Å². The highest BCUT2D eigenvalue weighted by molar-refractivity contribution is 6.35. The van der Waals surface area contributed by atoms with Crippen LogP contribution in [-0.2, 0) is 4.79 Å². The van der Waals surface area contributed by atoms with E-state index >= 15 is 0 Å². The average molecular weight is 288 g/mol. The van der Waals surface area contributed by atoms with E-state index in [1.165, 1.54) is 12.1 Å². The first-order valence-electron chi connectivity index (χ1n) is 6.14. The molecule has 1 amide bonds. The summed E-state index contributed by atoms with van der Waals surface area (Å²) in [5.74, 6) is -0.750. The standard InChI is InChI=1S/C16H11ClFNO/c1-9-5-6-11-12(16(20)19-14(11)7-9)8-10-3-2-4-13(17)15(10)18/h2-8H,1H3,(H,19,20). The molecule has 3 rings (SSSR count). The predicted molar refractivity (Wildman–Crippen MR) is 79.1 cm³/mol. The molecule has 0 saturated heterocycles. The number of aryl methyl sites for hydroxylation is 1. The van der Waals surface area contributed by atoms with Crippen molar-refractivity contribution in [3.63, 3.8) is 0 Å². The normalized spacial score (nSPS) is 15.3. The molecular weight excluding hydrogens is 277 g/mol. The molecule has 1 aliphatic heterocycles. The van der Waals surface area contributed by atoms with Crippen molar-refractivity contribution in [2.24, 2.45) is 0 Å². The third kappa shape index (κ3) is 2.10. The summed E-state index contributed by atoms with van der Waals surface area (Å²) in [6.45, 7) is 1.95. The number of halogens is 2. The van der Waals surface area contributed by atoms with Crippen molar-refractivity contribution in [3.8, 4) is 0 Å². The van der Waals surface area contributed by atoms with E-state index in [1.807, 2.05) is 25.1 Å². The van der Waals surface area contributed by atoms with E-state index in [0.29, 0.717) is 11.1 Å². The van der Waals surface area contributed by atoms with E-state index in [2.05, 4.69) is 5.32 Å². The summed E-state index contributed by atoms with van der Waals surface area (Å²) in [6, 6.07) is 10.4. The monoisotopic (exact) mass is 287 g/mol.